The molecule has 1 amide bonds. The van der Waals surface area contributed by atoms with Crippen LogP contribution in [0.3, 0.4) is 0 Å². The van der Waals surface area contributed by atoms with Crippen molar-refractivity contribution in [1.29, 1.82) is 0 Å². The number of fused-ring (bicyclic) bond motifs is 1. The number of hydrogen-bond donors (Lipinski definition) is 1. The third kappa shape index (κ3) is 2.46. The molecule has 1 aliphatic heterocycles. The van der Waals surface area contributed by atoms with Gasteiger partial charge in [-0.25, -0.2) is 9.50 Å². The quantitative estimate of drug-likeness (QED) is 0.921. The van der Waals surface area contributed by atoms with Crippen LogP contribution in [0.2, 0.25) is 0 Å². The van der Waals surface area contributed by atoms with Crippen molar-refractivity contribution in [1.82, 2.24) is 19.9 Å². The Balaban J connectivity index is 1.44. The molecule has 1 saturated heterocycles. The molecule has 21 heavy (non-hydrogen) atoms. The van der Waals surface area contributed by atoms with Crippen LogP contribution in [-0.4, -0.2) is 39.6 Å². The Morgan fingerprint density at radius 1 is 1.19 bits per heavy atom. The Bertz CT molecular complexity index is 655. The third-order valence-corrected chi connectivity index (χ3v) is 4.39. The molecule has 2 aromatic heterocycles. The molecule has 0 unspecified atom stereocenters. The molecule has 0 bridgehead atoms. The fourth-order valence-corrected chi connectivity index (χ4v) is 2.99. The van der Waals surface area contributed by atoms with Crippen molar-refractivity contribution in [2.24, 2.45) is 5.92 Å². The zero-order chi connectivity index (χ0) is 14.2. The summed E-state index contributed by atoms with van der Waals surface area (Å²) in [4.78, 5) is 18.9. The highest BCUT2D eigenvalue weighted by Crippen LogP contribution is 2.26. The van der Waals surface area contributed by atoms with Crippen molar-refractivity contribution < 1.29 is 4.79 Å². The van der Waals surface area contributed by atoms with E-state index < -0.39 is 0 Å². The molecule has 110 valence electrons. The van der Waals surface area contributed by atoms with E-state index in [1.54, 1.807) is 12.4 Å². The van der Waals surface area contributed by atoms with Gasteiger partial charge in [-0.1, -0.05) is 0 Å². The molecule has 2 aromatic rings. The maximum Gasteiger partial charge on any atom is 0.223 e. The Kier molecular flexibility index (Phi) is 3.02. The molecule has 4 rings (SSSR count). The maximum absolute atomic E-state index is 12.1. The monoisotopic (exact) mass is 285 g/mol. The van der Waals surface area contributed by atoms with Crippen molar-refractivity contribution in [3.8, 4) is 0 Å². The summed E-state index contributed by atoms with van der Waals surface area (Å²) < 4.78 is 1.84. The van der Waals surface area contributed by atoms with Crippen molar-refractivity contribution in [2.45, 2.75) is 31.7 Å². The van der Waals surface area contributed by atoms with Gasteiger partial charge in [-0.3, -0.25) is 4.79 Å². The summed E-state index contributed by atoms with van der Waals surface area (Å²) in [7, 11) is 0. The van der Waals surface area contributed by atoms with Crippen LogP contribution in [0.4, 0.5) is 5.82 Å². The molecule has 6 heteroatoms. The van der Waals surface area contributed by atoms with E-state index in [0.717, 1.165) is 50.1 Å². The Morgan fingerprint density at radius 2 is 2.00 bits per heavy atom. The highest BCUT2D eigenvalue weighted by molar-refractivity contribution is 5.79. The van der Waals surface area contributed by atoms with Gasteiger partial charge in [0.1, 0.15) is 5.52 Å². The van der Waals surface area contributed by atoms with Crippen LogP contribution < -0.4 is 10.2 Å². The lowest BCUT2D eigenvalue weighted by Crippen LogP contribution is -2.41. The van der Waals surface area contributed by atoms with Crippen LogP contribution in [0, 0.1) is 5.92 Å². The molecule has 0 radical (unpaired) electrons. The van der Waals surface area contributed by atoms with Crippen LogP contribution in [0.25, 0.3) is 5.52 Å². The van der Waals surface area contributed by atoms with Crippen LogP contribution in [-0.2, 0) is 4.79 Å². The zero-order valence-electron chi connectivity index (χ0n) is 11.9. The van der Waals surface area contributed by atoms with E-state index in [2.05, 4.69) is 20.3 Å². The second-order valence-corrected chi connectivity index (χ2v) is 5.96. The van der Waals surface area contributed by atoms with Gasteiger partial charge in [0.2, 0.25) is 5.91 Å². The molecular formula is C15H19N5O. The number of rotatable bonds is 3. The first kappa shape index (κ1) is 12.6. The number of carbonyl (C=O) groups is 1. The van der Waals surface area contributed by atoms with Gasteiger partial charge in [-0.2, -0.15) is 5.10 Å². The summed E-state index contributed by atoms with van der Waals surface area (Å²) >= 11 is 0. The van der Waals surface area contributed by atoms with E-state index in [1.165, 1.54) is 0 Å². The predicted octanol–water partition coefficient (Wildman–Crippen LogP) is 1.22. The lowest BCUT2D eigenvalue weighted by atomic mass is 9.96. The fourth-order valence-electron chi connectivity index (χ4n) is 2.99. The summed E-state index contributed by atoms with van der Waals surface area (Å²) in [6, 6.07) is 2.44. The van der Waals surface area contributed by atoms with E-state index in [9.17, 15) is 4.79 Å². The highest BCUT2D eigenvalue weighted by atomic mass is 16.2. The summed E-state index contributed by atoms with van der Waals surface area (Å²) in [6.07, 6.45) is 9.52. The number of nitrogens with one attached hydrogen (secondary N) is 1. The summed E-state index contributed by atoms with van der Waals surface area (Å²) in [5.41, 5.74) is 1.03. The number of hydrogen-bond acceptors (Lipinski definition) is 4. The smallest absolute Gasteiger partial charge is 0.223 e. The normalized spacial score (nSPS) is 19.9. The van der Waals surface area contributed by atoms with Gasteiger partial charge in [-0.15, -0.1) is 0 Å². The second kappa shape index (κ2) is 5.02. The van der Waals surface area contributed by atoms with E-state index in [4.69, 9.17) is 0 Å². The van der Waals surface area contributed by atoms with Crippen LogP contribution in [0.5, 0.6) is 0 Å². The first-order valence-corrected chi connectivity index (χ1v) is 7.65. The number of nitrogens with zero attached hydrogens (tertiary/aromatic N) is 4. The molecule has 1 aliphatic carbocycles. The van der Waals surface area contributed by atoms with Gasteiger partial charge in [0.25, 0.3) is 0 Å². The van der Waals surface area contributed by atoms with Crippen molar-refractivity contribution in [2.75, 3.05) is 18.0 Å². The Morgan fingerprint density at radius 3 is 2.76 bits per heavy atom. The maximum atomic E-state index is 12.1. The lowest BCUT2D eigenvalue weighted by Gasteiger charge is -2.32. The van der Waals surface area contributed by atoms with Crippen LogP contribution >= 0.6 is 0 Å². The minimum absolute atomic E-state index is 0.159. The SMILES string of the molecule is O=C(NC1CC1)C1CCN(c2nccn3nccc23)CC1. The molecule has 1 saturated carbocycles. The Labute approximate surface area is 123 Å². The zero-order valence-corrected chi connectivity index (χ0v) is 11.9. The number of carbonyl (C=O) groups excluding carboxylic acids is 1. The molecule has 1 N–H and O–H groups in total. The first-order chi connectivity index (χ1) is 10.3. The molecular weight excluding hydrogens is 266 g/mol. The number of anilines is 1. The number of aromatic nitrogens is 3. The van der Waals surface area contributed by atoms with E-state index in [0.29, 0.717) is 6.04 Å². The standard InChI is InChI=1S/C15H19N5O/c21-15(18-12-1-2-12)11-4-8-19(9-5-11)14-13-3-6-17-20(13)10-7-16-14/h3,6-7,10-12H,1-2,4-5,8-9H2,(H,18,21). The topological polar surface area (TPSA) is 62.5 Å². The van der Waals surface area contributed by atoms with Crippen molar-refractivity contribution >= 4 is 17.2 Å². The molecule has 3 heterocycles. The number of amides is 1. The average molecular weight is 285 g/mol. The Hall–Kier alpha value is -2.11. The van der Waals surface area contributed by atoms with Gasteiger partial charge in [0.15, 0.2) is 5.82 Å². The van der Waals surface area contributed by atoms with Crippen molar-refractivity contribution in [3.63, 3.8) is 0 Å². The largest absolute Gasteiger partial charge is 0.355 e. The molecule has 6 nitrogen and oxygen atoms in total. The molecule has 2 aliphatic rings. The van der Waals surface area contributed by atoms with Gasteiger partial charge in [0, 0.05) is 37.4 Å². The van der Waals surface area contributed by atoms with Crippen LogP contribution in [0.1, 0.15) is 25.7 Å². The van der Waals surface area contributed by atoms with E-state index >= 15 is 0 Å². The van der Waals surface area contributed by atoms with Crippen LogP contribution in [0.15, 0.2) is 24.7 Å². The summed E-state index contributed by atoms with van der Waals surface area (Å²) in [5.74, 6) is 1.37. The molecule has 0 aromatic carbocycles. The lowest BCUT2D eigenvalue weighted by molar-refractivity contribution is -0.125. The van der Waals surface area contributed by atoms with Gasteiger partial charge in [0.05, 0.1) is 6.20 Å². The minimum Gasteiger partial charge on any atom is -0.355 e. The average Bonchev–Trinajstić information content (AvgIpc) is 3.20. The van der Waals surface area contributed by atoms with Crippen molar-refractivity contribution in [3.05, 3.63) is 24.7 Å². The van der Waals surface area contributed by atoms with Gasteiger partial charge < -0.3 is 10.2 Å². The van der Waals surface area contributed by atoms with E-state index in [-0.39, 0.29) is 11.8 Å². The molecule has 0 atom stereocenters. The number of piperidine rings is 1. The highest BCUT2D eigenvalue weighted by Gasteiger charge is 2.30. The van der Waals surface area contributed by atoms with E-state index in [1.807, 2.05) is 16.8 Å². The molecule has 0 spiro atoms. The third-order valence-electron chi connectivity index (χ3n) is 4.39. The van der Waals surface area contributed by atoms with Gasteiger partial charge in [-0.05, 0) is 31.7 Å². The molecule has 2 fully saturated rings. The predicted molar refractivity (Wildman–Crippen MR) is 79.1 cm³/mol. The van der Waals surface area contributed by atoms with Gasteiger partial charge >= 0.3 is 0 Å². The summed E-state index contributed by atoms with van der Waals surface area (Å²) in [6.45, 7) is 1.75. The minimum atomic E-state index is 0.159. The second-order valence-electron chi connectivity index (χ2n) is 5.96. The first-order valence-electron chi connectivity index (χ1n) is 7.65. The summed E-state index contributed by atoms with van der Waals surface area (Å²) in [5, 5.41) is 7.36. The fraction of sp³-hybridized carbons (Fsp3) is 0.533.